The molecule has 1 N–H and O–H groups in total. The molecule has 0 heterocycles. The van der Waals surface area contributed by atoms with Crippen molar-refractivity contribution < 1.29 is 9.53 Å². The summed E-state index contributed by atoms with van der Waals surface area (Å²) in [6, 6.07) is 16.8. The van der Waals surface area contributed by atoms with Crippen LogP contribution in [0.1, 0.15) is 17.3 Å². The van der Waals surface area contributed by atoms with Crippen molar-refractivity contribution in [2.45, 2.75) is 6.92 Å². The normalized spacial score (nSPS) is 10.4. The molecule has 20 heavy (non-hydrogen) atoms. The van der Waals surface area contributed by atoms with Crippen LogP contribution in [0.3, 0.4) is 0 Å². The average molecular weight is 267 g/mol. The van der Waals surface area contributed by atoms with Gasteiger partial charge in [0.05, 0.1) is 6.61 Å². The molecular formula is C17H17NO2. The summed E-state index contributed by atoms with van der Waals surface area (Å²) in [4.78, 5) is 11.9. The maximum absolute atomic E-state index is 11.9. The number of ketones is 1. The van der Waals surface area contributed by atoms with E-state index < -0.39 is 0 Å². The van der Waals surface area contributed by atoms with Crippen LogP contribution < -0.4 is 10.1 Å². The van der Waals surface area contributed by atoms with Gasteiger partial charge in [-0.05, 0) is 19.1 Å². The lowest BCUT2D eigenvalue weighted by Crippen LogP contribution is -1.96. The Balaban J connectivity index is 1.96. The second-order valence-electron chi connectivity index (χ2n) is 4.17. The van der Waals surface area contributed by atoms with Crippen LogP contribution in [-0.4, -0.2) is 12.4 Å². The SMILES string of the molecule is CCOc1cccc(NC=CC(=O)c2ccccc2)c1. The molecule has 0 aliphatic carbocycles. The van der Waals surface area contributed by atoms with Crippen LogP contribution in [0.15, 0.2) is 66.9 Å². The molecule has 3 nitrogen and oxygen atoms in total. The van der Waals surface area contributed by atoms with Gasteiger partial charge in [-0.15, -0.1) is 0 Å². The first-order valence-electron chi connectivity index (χ1n) is 6.55. The molecule has 2 aromatic carbocycles. The zero-order chi connectivity index (χ0) is 14.2. The van der Waals surface area contributed by atoms with Gasteiger partial charge >= 0.3 is 0 Å². The minimum Gasteiger partial charge on any atom is -0.494 e. The summed E-state index contributed by atoms with van der Waals surface area (Å²) in [5.41, 5.74) is 1.56. The predicted molar refractivity (Wildman–Crippen MR) is 81.1 cm³/mol. The lowest BCUT2D eigenvalue weighted by molar-refractivity contribution is 0.104. The second kappa shape index (κ2) is 7.14. The Morgan fingerprint density at radius 2 is 1.95 bits per heavy atom. The third-order valence-corrected chi connectivity index (χ3v) is 2.69. The quantitative estimate of drug-likeness (QED) is 0.637. The molecule has 3 heteroatoms. The molecule has 0 atom stereocenters. The lowest BCUT2D eigenvalue weighted by atomic mass is 10.1. The number of nitrogens with one attached hydrogen (secondary N) is 1. The third kappa shape index (κ3) is 3.99. The van der Waals surface area contributed by atoms with Gasteiger partial charge in [0.25, 0.3) is 0 Å². The number of rotatable bonds is 6. The van der Waals surface area contributed by atoms with E-state index in [1.54, 1.807) is 18.3 Å². The van der Waals surface area contributed by atoms with Gasteiger partial charge in [-0.1, -0.05) is 36.4 Å². The fourth-order valence-corrected chi connectivity index (χ4v) is 1.75. The van der Waals surface area contributed by atoms with Gasteiger partial charge in [0, 0.05) is 29.6 Å². The highest BCUT2D eigenvalue weighted by Crippen LogP contribution is 2.17. The first kappa shape index (κ1) is 13.9. The highest BCUT2D eigenvalue weighted by molar-refractivity contribution is 6.04. The fraction of sp³-hybridized carbons (Fsp3) is 0.118. The van der Waals surface area contributed by atoms with Crippen LogP contribution in [0.5, 0.6) is 5.75 Å². The van der Waals surface area contributed by atoms with Crippen LogP contribution in [0.2, 0.25) is 0 Å². The summed E-state index contributed by atoms with van der Waals surface area (Å²) in [6.07, 6.45) is 3.16. The maximum Gasteiger partial charge on any atom is 0.187 e. The number of hydrogen-bond acceptors (Lipinski definition) is 3. The van der Waals surface area contributed by atoms with Crippen LogP contribution in [0, 0.1) is 0 Å². The van der Waals surface area contributed by atoms with Crippen molar-refractivity contribution >= 4 is 11.5 Å². The molecule has 0 aliphatic rings. The molecule has 2 aromatic rings. The largest absolute Gasteiger partial charge is 0.494 e. The standard InChI is InChI=1S/C17H17NO2/c1-2-20-16-10-6-9-15(13-16)18-12-11-17(19)14-7-4-3-5-8-14/h3-13,18H,2H2,1H3. The molecule has 0 bridgehead atoms. The van der Waals surface area contributed by atoms with Crippen molar-refractivity contribution in [3.63, 3.8) is 0 Å². The summed E-state index contributed by atoms with van der Waals surface area (Å²) < 4.78 is 5.41. The highest BCUT2D eigenvalue weighted by atomic mass is 16.5. The van der Waals surface area contributed by atoms with Gasteiger partial charge in [0.1, 0.15) is 5.75 Å². The Labute approximate surface area is 118 Å². The van der Waals surface area contributed by atoms with Crippen molar-refractivity contribution in [2.24, 2.45) is 0 Å². The topological polar surface area (TPSA) is 38.3 Å². The molecular weight excluding hydrogens is 250 g/mol. The molecule has 0 amide bonds. The molecule has 0 saturated carbocycles. The zero-order valence-electron chi connectivity index (χ0n) is 11.4. The van der Waals surface area contributed by atoms with Gasteiger partial charge in [0.2, 0.25) is 0 Å². The van der Waals surface area contributed by atoms with Gasteiger partial charge in [-0.2, -0.15) is 0 Å². The summed E-state index contributed by atoms with van der Waals surface area (Å²) in [7, 11) is 0. The van der Waals surface area contributed by atoms with E-state index in [9.17, 15) is 4.79 Å². The van der Waals surface area contributed by atoms with E-state index in [1.165, 1.54) is 6.08 Å². The molecule has 0 aliphatic heterocycles. The summed E-state index contributed by atoms with van der Waals surface area (Å²) in [5, 5.41) is 3.06. The van der Waals surface area contributed by atoms with E-state index in [0.717, 1.165) is 11.4 Å². The van der Waals surface area contributed by atoms with Crippen molar-refractivity contribution in [2.75, 3.05) is 11.9 Å². The van der Waals surface area contributed by atoms with Crippen LogP contribution in [-0.2, 0) is 0 Å². The first-order valence-corrected chi connectivity index (χ1v) is 6.55. The third-order valence-electron chi connectivity index (χ3n) is 2.69. The summed E-state index contributed by atoms with van der Waals surface area (Å²) >= 11 is 0. The molecule has 0 aromatic heterocycles. The van der Waals surface area contributed by atoms with Crippen LogP contribution in [0.4, 0.5) is 5.69 Å². The average Bonchev–Trinajstić information content (AvgIpc) is 2.49. The minimum atomic E-state index is -0.0286. The Bertz CT molecular complexity index is 591. The van der Waals surface area contributed by atoms with E-state index in [1.807, 2.05) is 49.4 Å². The van der Waals surface area contributed by atoms with Crippen molar-refractivity contribution in [3.8, 4) is 5.75 Å². The van der Waals surface area contributed by atoms with Crippen molar-refractivity contribution in [3.05, 3.63) is 72.4 Å². The van der Waals surface area contributed by atoms with E-state index in [-0.39, 0.29) is 5.78 Å². The Hall–Kier alpha value is -2.55. The van der Waals surface area contributed by atoms with Gasteiger partial charge in [-0.3, -0.25) is 4.79 Å². The molecule has 2 rings (SSSR count). The fourth-order valence-electron chi connectivity index (χ4n) is 1.75. The van der Waals surface area contributed by atoms with Gasteiger partial charge in [-0.25, -0.2) is 0 Å². The summed E-state index contributed by atoms with van der Waals surface area (Å²) in [6.45, 7) is 2.57. The Kier molecular flexibility index (Phi) is 4.95. The molecule has 0 spiro atoms. The lowest BCUT2D eigenvalue weighted by Gasteiger charge is -2.05. The van der Waals surface area contributed by atoms with Crippen molar-refractivity contribution in [1.82, 2.24) is 0 Å². The summed E-state index contributed by atoms with van der Waals surface area (Å²) in [5.74, 6) is 0.777. The zero-order valence-corrected chi connectivity index (χ0v) is 11.4. The van der Waals surface area contributed by atoms with Gasteiger partial charge in [0.15, 0.2) is 5.78 Å². The highest BCUT2D eigenvalue weighted by Gasteiger charge is 1.99. The molecule has 102 valence electrons. The number of hydrogen-bond donors (Lipinski definition) is 1. The van der Waals surface area contributed by atoms with E-state index >= 15 is 0 Å². The van der Waals surface area contributed by atoms with E-state index in [2.05, 4.69) is 5.32 Å². The predicted octanol–water partition coefficient (Wildman–Crippen LogP) is 3.89. The first-order chi connectivity index (χ1) is 9.79. The minimum absolute atomic E-state index is 0.0286. The molecule has 0 radical (unpaired) electrons. The van der Waals surface area contributed by atoms with Gasteiger partial charge < -0.3 is 10.1 Å². The molecule has 0 saturated heterocycles. The maximum atomic E-state index is 11.9. The van der Waals surface area contributed by atoms with E-state index in [0.29, 0.717) is 12.2 Å². The van der Waals surface area contributed by atoms with Crippen molar-refractivity contribution in [1.29, 1.82) is 0 Å². The van der Waals surface area contributed by atoms with Crippen LogP contribution in [0.25, 0.3) is 0 Å². The monoisotopic (exact) mass is 267 g/mol. The van der Waals surface area contributed by atoms with E-state index in [4.69, 9.17) is 4.74 Å². The smallest absolute Gasteiger partial charge is 0.187 e. The molecule has 0 unspecified atom stereocenters. The number of carbonyl (C=O) groups is 1. The molecule has 0 fully saturated rings. The number of benzene rings is 2. The second-order valence-corrected chi connectivity index (χ2v) is 4.17. The number of ether oxygens (including phenoxy) is 1. The number of carbonyl (C=O) groups excluding carboxylic acids is 1. The van der Waals surface area contributed by atoms with Crippen LogP contribution >= 0.6 is 0 Å². The Morgan fingerprint density at radius 1 is 1.15 bits per heavy atom. The number of allylic oxidation sites excluding steroid dienone is 1. The number of anilines is 1. The Morgan fingerprint density at radius 3 is 2.70 bits per heavy atom.